The van der Waals surface area contributed by atoms with Crippen LogP contribution in [-0.4, -0.2) is 50.2 Å². The summed E-state index contributed by atoms with van der Waals surface area (Å²) in [5, 5.41) is 2.94. The number of amides is 1. The molecule has 1 aromatic rings. The second-order valence-electron chi connectivity index (χ2n) is 6.39. The van der Waals surface area contributed by atoms with Gasteiger partial charge >= 0.3 is 0 Å². The predicted octanol–water partition coefficient (Wildman–Crippen LogP) is 2.26. The van der Waals surface area contributed by atoms with Crippen molar-refractivity contribution in [3.63, 3.8) is 0 Å². The molecule has 0 saturated carbocycles. The average Bonchev–Trinajstić information content (AvgIpc) is 2.63. The molecule has 1 N–H and O–H groups in total. The maximum absolute atomic E-state index is 12.1. The molecule has 1 aromatic carbocycles. The summed E-state index contributed by atoms with van der Waals surface area (Å²) in [6.07, 6.45) is 2.44. The molecule has 0 aromatic heterocycles. The predicted molar refractivity (Wildman–Crippen MR) is 92.5 cm³/mol. The Morgan fingerprint density at radius 1 is 1.25 bits per heavy atom. The van der Waals surface area contributed by atoms with Gasteiger partial charge in [-0.15, -0.1) is 0 Å². The fraction of sp³-hybridized carbons (Fsp3) is 0.526. The Bertz CT molecular complexity index is 586. The standard InChI is InChI=1S/C19H26N2O3/c1-15-18(24-13-12-23-15)19(22)20-9-11-21-10-5-8-17(14-21)16-6-3-2-4-7-16/h2-4,6-7,17H,5,8-14H2,1H3,(H,20,22). The summed E-state index contributed by atoms with van der Waals surface area (Å²) in [6, 6.07) is 10.7. The first-order valence-corrected chi connectivity index (χ1v) is 8.76. The van der Waals surface area contributed by atoms with Crippen molar-refractivity contribution < 1.29 is 14.3 Å². The van der Waals surface area contributed by atoms with Gasteiger partial charge in [-0.3, -0.25) is 4.79 Å². The van der Waals surface area contributed by atoms with Gasteiger partial charge in [0.25, 0.3) is 5.91 Å². The highest BCUT2D eigenvalue weighted by atomic mass is 16.6. The monoisotopic (exact) mass is 330 g/mol. The van der Waals surface area contributed by atoms with Crippen LogP contribution in [0, 0.1) is 0 Å². The van der Waals surface area contributed by atoms with Crippen LogP contribution in [0.1, 0.15) is 31.2 Å². The van der Waals surface area contributed by atoms with Gasteiger partial charge in [-0.2, -0.15) is 0 Å². The summed E-state index contributed by atoms with van der Waals surface area (Å²) in [4.78, 5) is 14.6. The zero-order chi connectivity index (χ0) is 16.8. The van der Waals surface area contributed by atoms with Gasteiger partial charge in [0, 0.05) is 19.6 Å². The molecule has 0 aliphatic carbocycles. The first-order chi connectivity index (χ1) is 11.7. The molecule has 2 heterocycles. The molecule has 5 nitrogen and oxygen atoms in total. The molecule has 0 spiro atoms. The number of rotatable bonds is 5. The lowest BCUT2D eigenvalue weighted by Gasteiger charge is -2.33. The van der Waals surface area contributed by atoms with E-state index in [1.165, 1.54) is 18.4 Å². The van der Waals surface area contributed by atoms with E-state index in [1.807, 2.05) is 0 Å². The number of carbonyl (C=O) groups is 1. The number of hydrogen-bond donors (Lipinski definition) is 1. The van der Waals surface area contributed by atoms with Crippen LogP contribution in [-0.2, 0) is 14.3 Å². The molecular formula is C19H26N2O3. The molecule has 1 amide bonds. The van der Waals surface area contributed by atoms with Gasteiger partial charge in [0.15, 0.2) is 0 Å². The number of allylic oxidation sites excluding steroid dienone is 1. The van der Waals surface area contributed by atoms with Crippen LogP contribution in [0.3, 0.4) is 0 Å². The van der Waals surface area contributed by atoms with Gasteiger partial charge in [0.05, 0.1) is 0 Å². The summed E-state index contributed by atoms with van der Waals surface area (Å²) in [7, 11) is 0. The van der Waals surface area contributed by atoms with Crippen LogP contribution in [0.15, 0.2) is 41.9 Å². The van der Waals surface area contributed by atoms with Crippen LogP contribution >= 0.6 is 0 Å². The first kappa shape index (κ1) is 16.8. The smallest absolute Gasteiger partial charge is 0.289 e. The number of nitrogens with zero attached hydrogens (tertiary/aromatic N) is 1. The Hall–Kier alpha value is -2.01. The van der Waals surface area contributed by atoms with Crippen molar-refractivity contribution in [2.45, 2.75) is 25.7 Å². The summed E-state index contributed by atoms with van der Waals surface area (Å²) in [6.45, 7) is 6.36. The van der Waals surface area contributed by atoms with Crippen molar-refractivity contribution in [3.8, 4) is 0 Å². The minimum absolute atomic E-state index is 0.177. The molecular weight excluding hydrogens is 304 g/mol. The number of carbonyl (C=O) groups excluding carboxylic acids is 1. The molecule has 24 heavy (non-hydrogen) atoms. The highest BCUT2D eigenvalue weighted by Crippen LogP contribution is 2.26. The fourth-order valence-corrected chi connectivity index (χ4v) is 3.39. The molecule has 3 rings (SSSR count). The van der Waals surface area contributed by atoms with Crippen LogP contribution in [0.2, 0.25) is 0 Å². The Kier molecular flexibility index (Phi) is 5.75. The van der Waals surface area contributed by atoms with E-state index in [0.717, 1.165) is 19.6 Å². The molecule has 1 fully saturated rings. The fourth-order valence-electron chi connectivity index (χ4n) is 3.39. The SMILES string of the molecule is CC1=C(C(=O)NCCN2CCCC(c3ccccc3)C2)OCCO1. The van der Waals surface area contributed by atoms with Gasteiger partial charge in [-0.1, -0.05) is 30.3 Å². The second-order valence-corrected chi connectivity index (χ2v) is 6.39. The van der Waals surface area contributed by atoms with Crippen LogP contribution in [0.5, 0.6) is 0 Å². The number of piperidine rings is 1. The first-order valence-electron chi connectivity index (χ1n) is 8.76. The molecule has 1 saturated heterocycles. The molecule has 5 heteroatoms. The van der Waals surface area contributed by atoms with Gasteiger partial charge in [0.2, 0.25) is 5.76 Å². The quantitative estimate of drug-likeness (QED) is 0.900. The molecule has 1 atom stereocenters. The third kappa shape index (κ3) is 4.29. The lowest BCUT2D eigenvalue weighted by atomic mass is 9.91. The van der Waals surface area contributed by atoms with Crippen molar-refractivity contribution >= 4 is 5.91 Å². The zero-order valence-electron chi connectivity index (χ0n) is 14.3. The van der Waals surface area contributed by atoms with Crippen molar-refractivity contribution in [2.24, 2.45) is 0 Å². The van der Waals surface area contributed by atoms with E-state index in [-0.39, 0.29) is 5.91 Å². The van der Waals surface area contributed by atoms with Gasteiger partial charge in [-0.05, 0) is 37.8 Å². The van der Waals surface area contributed by atoms with E-state index in [0.29, 0.717) is 37.2 Å². The molecule has 1 unspecified atom stereocenters. The lowest BCUT2D eigenvalue weighted by molar-refractivity contribution is -0.122. The van der Waals surface area contributed by atoms with E-state index in [9.17, 15) is 4.79 Å². The minimum Gasteiger partial charge on any atom is -0.491 e. The zero-order valence-corrected chi connectivity index (χ0v) is 14.3. The van der Waals surface area contributed by atoms with Crippen molar-refractivity contribution in [1.29, 1.82) is 0 Å². The van der Waals surface area contributed by atoms with Crippen molar-refractivity contribution in [2.75, 3.05) is 39.4 Å². The van der Waals surface area contributed by atoms with Crippen LogP contribution < -0.4 is 5.32 Å². The average molecular weight is 330 g/mol. The van der Waals surface area contributed by atoms with E-state index in [1.54, 1.807) is 6.92 Å². The van der Waals surface area contributed by atoms with Crippen molar-refractivity contribution in [1.82, 2.24) is 10.2 Å². The highest BCUT2D eigenvalue weighted by molar-refractivity contribution is 5.91. The van der Waals surface area contributed by atoms with E-state index >= 15 is 0 Å². The van der Waals surface area contributed by atoms with Gasteiger partial charge in [-0.25, -0.2) is 0 Å². The van der Waals surface area contributed by atoms with Gasteiger partial charge < -0.3 is 19.7 Å². The summed E-state index contributed by atoms with van der Waals surface area (Å²) < 4.78 is 10.8. The van der Waals surface area contributed by atoms with Crippen molar-refractivity contribution in [3.05, 3.63) is 47.4 Å². The number of likely N-dealkylation sites (tertiary alicyclic amines) is 1. The van der Waals surface area contributed by atoms with Crippen LogP contribution in [0.25, 0.3) is 0 Å². The number of nitrogens with one attached hydrogen (secondary N) is 1. The Labute approximate surface area is 143 Å². The highest BCUT2D eigenvalue weighted by Gasteiger charge is 2.22. The van der Waals surface area contributed by atoms with E-state index in [2.05, 4.69) is 40.5 Å². The molecule has 0 radical (unpaired) electrons. The largest absolute Gasteiger partial charge is 0.491 e. The normalized spacial score (nSPS) is 21.8. The second kappa shape index (κ2) is 8.20. The van der Waals surface area contributed by atoms with Crippen LogP contribution in [0.4, 0.5) is 0 Å². The van der Waals surface area contributed by atoms with E-state index < -0.39 is 0 Å². The number of hydrogen-bond acceptors (Lipinski definition) is 4. The maximum Gasteiger partial charge on any atom is 0.289 e. The lowest BCUT2D eigenvalue weighted by Crippen LogP contribution is -2.41. The minimum atomic E-state index is -0.177. The third-order valence-corrected chi connectivity index (χ3v) is 4.66. The summed E-state index contributed by atoms with van der Waals surface area (Å²) in [5.74, 6) is 1.31. The molecule has 130 valence electrons. The molecule has 0 bridgehead atoms. The molecule has 2 aliphatic rings. The Morgan fingerprint density at radius 3 is 2.83 bits per heavy atom. The van der Waals surface area contributed by atoms with Gasteiger partial charge in [0.1, 0.15) is 19.0 Å². The third-order valence-electron chi connectivity index (χ3n) is 4.66. The maximum atomic E-state index is 12.1. The number of ether oxygens (including phenoxy) is 2. The Morgan fingerprint density at radius 2 is 2.04 bits per heavy atom. The molecule has 2 aliphatic heterocycles. The topological polar surface area (TPSA) is 50.8 Å². The summed E-state index contributed by atoms with van der Waals surface area (Å²) in [5.41, 5.74) is 1.42. The number of benzene rings is 1. The Balaban J connectivity index is 1.46. The van der Waals surface area contributed by atoms with E-state index in [4.69, 9.17) is 9.47 Å². The summed E-state index contributed by atoms with van der Waals surface area (Å²) >= 11 is 0.